The molecule has 0 atom stereocenters. The van der Waals surface area contributed by atoms with Crippen molar-refractivity contribution in [2.45, 2.75) is 6.92 Å². The molecule has 0 unspecified atom stereocenters. The molecule has 96 valence electrons. The van der Waals surface area contributed by atoms with E-state index in [1.807, 2.05) is 25.1 Å². The highest BCUT2D eigenvalue weighted by molar-refractivity contribution is 7.22. The molecule has 2 aromatic carbocycles. The number of aromatic hydroxyl groups is 1. The second-order valence-electron chi connectivity index (χ2n) is 4.35. The molecule has 0 bridgehead atoms. The predicted octanol–water partition coefficient (Wildman–Crippen LogP) is 4.21. The van der Waals surface area contributed by atoms with E-state index in [1.165, 1.54) is 11.3 Å². The molecule has 0 aliphatic carbocycles. The Morgan fingerprint density at radius 1 is 1.26 bits per heavy atom. The van der Waals surface area contributed by atoms with Gasteiger partial charge in [-0.2, -0.15) is 0 Å². The van der Waals surface area contributed by atoms with Crippen LogP contribution in [0, 0.1) is 6.92 Å². The lowest BCUT2D eigenvalue weighted by Crippen LogP contribution is -1.85. The van der Waals surface area contributed by atoms with Crippen molar-refractivity contribution in [3.05, 3.63) is 40.9 Å². The van der Waals surface area contributed by atoms with Crippen molar-refractivity contribution in [1.82, 2.24) is 4.98 Å². The zero-order valence-corrected chi connectivity index (χ0v) is 11.7. The number of rotatable bonds is 1. The third-order valence-electron chi connectivity index (χ3n) is 3.01. The number of nitrogens with two attached hydrogens (primary N) is 1. The fourth-order valence-electron chi connectivity index (χ4n) is 2.09. The van der Waals surface area contributed by atoms with E-state index < -0.39 is 0 Å². The van der Waals surface area contributed by atoms with Gasteiger partial charge in [0.1, 0.15) is 5.75 Å². The van der Waals surface area contributed by atoms with Crippen LogP contribution in [0.25, 0.3) is 21.3 Å². The van der Waals surface area contributed by atoms with Gasteiger partial charge in [0, 0.05) is 0 Å². The van der Waals surface area contributed by atoms with Gasteiger partial charge in [0.2, 0.25) is 0 Å². The first-order valence-electron chi connectivity index (χ1n) is 5.70. The zero-order chi connectivity index (χ0) is 13.6. The van der Waals surface area contributed by atoms with Gasteiger partial charge >= 0.3 is 0 Å². The summed E-state index contributed by atoms with van der Waals surface area (Å²) in [6, 6.07) is 9.42. The summed E-state index contributed by atoms with van der Waals surface area (Å²) < 4.78 is 1.06. The molecule has 19 heavy (non-hydrogen) atoms. The van der Waals surface area contributed by atoms with Crippen LogP contribution in [0.4, 0.5) is 5.13 Å². The van der Waals surface area contributed by atoms with E-state index in [0.29, 0.717) is 10.2 Å². The monoisotopic (exact) mass is 290 g/mol. The number of anilines is 1. The van der Waals surface area contributed by atoms with Gasteiger partial charge in [0.15, 0.2) is 5.13 Å². The first kappa shape index (κ1) is 12.3. The van der Waals surface area contributed by atoms with E-state index in [4.69, 9.17) is 17.3 Å². The lowest BCUT2D eigenvalue weighted by molar-refractivity contribution is 0.475. The molecular formula is C14H11ClN2OS. The summed E-state index contributed by atoms with van der Waals surface area (Å²) in [5.74, 6) is 0.0990. The third kappa shape index (κ3) is 2.13. The van der Waals surface area contributed by atoms with Crippen LogP contribution in [0.15, 0.2) is 30.3 Å². The molecule has 3 aromatic rings. The van der Waals surface area contributed by atoms with Crippen molar-refractivity contribution in [3.8, 4) is 16.9 Å². The number of benzene rings is 2. The zero-order valence-electron chi connectivity index (χ0n) is 10.1. The summed E-state index contributed by atoms with van der Waals surface area (Å²) in [4.78, 5) is 4.28. The van der Waals surface area contributed by atoms with E-state index in [9.17, 15) is 5.11 Å². The van der Waals surface area contributed by atoms with Gasteiger partial charge in [-0.15, -0.1) is 0 Å². The first-order valence-corrected chi connectivity index (χ1v) is 6.89. The van der Waals surface area contributed by atoms with Crippen LogP contribution >= 0.6 is 22.9 Å². The molecular weight excluding hydrogens is 280 g/mol. The van der Waals surface area contributed by atoms with Gasteiger partial charge in [-0.1, -0.05) is 29.0 Å². The van der Waals surface area contributed by atoms with E-state index in [1.54, 1.807) is 12.1 Å². The van der Waals surface area contributed by atoms with Gasteiger partial charge in [-0.05, 0) is 47.9 Å². The highest BCUT2D eigenvalue weighted by atomic mass is 35.5. The number of nitrogen functional groups attached to an aromatic ring is 1. The fourth-order valence-corrected chi connectivity index (χ4v) is 2.97. The highest BCUT2D eigenvalue weighted by Gasteiger charge is 2.09. The van der Waals surface area contributed by atoms with Gasteiger partial charge in [0.25, 0.3) is 0 Å². The van der Waals surface area contributed by atoms with Crippen molar-refractivity contribution in [2.24, 2.45) is 0 Å². The maximum Gasteiger partial charge on any atom is 0.181 e. The number of fused-ring (bicyclic) bond motifs is 1. The minimum atomic E-state index is 0.0990. The standard InChI is InChI=1S/C14H11ClN2OS/c1-7-4-12(18)10(15)6-9(7)8-2-3-13-11(5-8)17-14(16)19-13/h2-6,18H,1H3,(H2,16,17). The number of aromatic nitrogens is 1. The number of thiazole rings is 1. The predicted molar refractivity (Wildman–Crippen MR) is 80.9 cm³/mol. The molecule has 0 radical (unpaired) electrons. The first-order chi connectivity index (χ1) is 9.04. The highest BCUT2D eigenvalue weighted by Crippen LogP contribution is 2.35. The van der Waals surface area contributed by atoms with Gasteiger partial charge in [-0.25, -0.2) is 4.98 Å². The molecule has 3 N–H and O–H groups in total. The van der Waals surface area contributed by atoms with Crippen LogP contribution in [0.2, 0.25) is 5.02 Å². The Hall–Kier alpha value is -1.78. The quantitative estimate of drug-likeness (QED) is 0.705. The Morgan fingerprint density at radius 3 is 2.84 bits per heavy atom. The molecule has 0 spiro atoms. The van der Waals surface area contributed by atoms with Crippen molar-refractivity contribution in [1.29, 1.82) is 0 Å². The lowest BCUT2D eigenvalue weighted by atomic mass is 10.00. The molecule has 0 amide bonds. The van der Waals surface area contributed by atoms with Gasteiger partial charge in [0.05, 0.1) is 15.2 Å². The van der Waals surface area contributed by atoms with Crippen LogP contribution < -0.4 is 5.73 Å². The second kappa shape index (κ2) is 4.40. The van der Waals surface area contributed by atoms with Crippen LogP contribution in [-0.2, 0) is 0 Å². The summed E-state index contributed by atoms with van der Waals surface area (Å²) in [6.45, 7) is 1.94. The largest absolute Gasteiger partial charge is 0.506 e. The second-order valence-corrected chi connectivity index (χ2v) is 5.82. The molecule has 0 saturated carbocycles. The Balaban J connectivity index is 2.21. The summed E-state index contributed by atoms with van der Waals surface area (Å²) in [6.07, 6.45) is 0. The summed E-state index contributed by atoms with van der Waals surface area (Å²) in [5.41, 5.74) is 9.54. The molecule has 0 fully saturated rings. The maximum atomic E-state index is 9.59. The van der Waals surface area contributed by atoms with Crippen LogP contribution in [0.5, 0.6) is 5.75 Å². The van der Waals surface area contributed by atoms with E-state index >= 15 is 0 Å². The van der Waals surface area contributed by atoms with Crippen LogP contribution in [0.3, 0.4) is 0 Å². The number of halogens is 1. The minimum absolute atomic E-state index is 0.0990. The minimum Gasteiger partial charge on any atom is -0.506 e. The molecule has 5 heteroatoms. The summed E-state index contributed by atoms with van der Waals surface area (Å²) >= 11 is 7.44. The number of nitrogens with zero attached hydrogens (tertiary/aromatic N) is 1. The topological polar surface area (TPSA) is 59.1 Å². The lowest BCUT2D eigenvalue weighted by Gasteiger charge is -2.08. The molecule has 1 heterocycles. The molecule has 0 aliphatic rings. The normalized spacial score (nSPS) is 11.1. The third-order valence-corrected chi connectivity index (χ3v) is 4.18. The van der Waals surface area contributed by atoms with Crippen molar-refractivity contribution in [2.75, 3.05) is 5.73 Å². The number of phenols is 1. The summed E-state index contributed by atoms with van der Waals surface area (Å²) in [5, 5.41) is 10.5. The Morgan fingerprint density at radius 2 is 2.05 bits per heavy atom. The van der Waals surface area contributed by atoms with Gasteiger partial charge < -0.3 is 10.8 Å². The van der Waals surface area contributed by atoms with E-state index in [0.717, 1.165) is 26.9 Å². The maximum absolute atomic E-state index is 9.59. The van der Waals surface area contributed by atoms with Crippen LogP contribution in [-0.4, -0.2) is 10.1 Å². The average molecular weight is 291 g/mol. The number of hydrogen-bond acceptors (Lipinski definition) is 4. The Bertz CT molecular complexity index is 782. The van der Waals surface area contributed by atoms with Gasteiger partial charge in [-0.3, -0.25) is 0 Å². The van der Waals surface area contributed by atoms with E-state index in [-0.39, 0.29) is 5.75 Å². The average Bonchev–Trinajstić information content (AvgIpc) is 2.72. The molecule has 0 aliphatic heterocycles. The smallest absolute Gasteiger partial charge is 0.181 e. The molecule has 0 saturated heterocycles. The number of hydrogen-bond donors (Lipinski definition) is 2. The van der Waals surface area contributed by atoms with E-state index in [2.05, 4.69) is 4.98 Å². The van der Waals surface area contributed by atoms with Crippen LogP contribution in [0.1, 0.15) is 5.56 Å². The van der Waals surface area contributed by atoms with Crippen molar-refractivity contribution >= 4 is 38.3 Å². The Labute approximate surface area is 119 Å². The fraction of sp³-hybridized carbons (Fsp3) is 0.0714. The SMILES string of the molecule is Cc1cc(O)c(Cl)cc1-c1ccc2sc(N)nc2c1. The van der Waals surface area contributed by atoms with Crippen molar-refractivity contribution in [3.63, 3.8) is 0 Å². The van der Waals surface area contributed by atoms with Crippen molar-refractivity contribution < 1.29 is 5.11 Å². The molecule has 3 nitrogen and oxygen atoms in total. The Kier molecular flexibility index (Phi) is 2.84. The molecule has 1 aromatic heterocycles. The number of aryl methyl sites for hydroxylation is 1. The summed E-state index contributed by atoms with van der Waals surface area (Å²) in [7, 11) is 0. The number of phenolic OH excluding ortho intramolecular Hbond substituents is 1. The molecule has 3 rings (SSSR count).